The minimum Gasteiger partial charge on any atom is -0.309 e. The van der Waals surface area contributed by atoms with Gasteiger partial charge in [-0.1, -0.05) is 140 Å². The molecule has 0 fully saturated rings. The van der Waals surface area contributed by atoms with Crippen LogP contribution in [0.2, 0.25) is 0 Å². The van der Waals surface area contributed by atoms with Crippen molar-refractivity contribution in [2.45, 2.75) is 0 Å². The third-order valence-corrected chi connectivity index (χ3v) is 11.7. The van der Waals surface area contributed by atoms with Gasteiger partial charge in [-0.15, -0.1) is 0 Å². The fourth-order valence-electron chi connectivity index (χ4n) is 9.38. The third-order valence-electron chi connectivity index (χ3n) is 11.7. The average molecular weight is 685 g/mol. The highest BCUT2D eigenvalue weighted by atomic mass is 15.0. The van der Waals surface area contributed by atoms with Crippen molar-refractivity contribution in [1.29, 1.82) is 0 Å². The van der Waals surface area contributed by atoms with Crippen molar-refractivity contribution in [3.63, 3.8) is 0 Å². The second kappa shape index (κ2) is 11.2. The minimum atomic E-state index is 1.17. The van der Waals surface area contributed by atoms with E-state index in [4.69, 9.17) is 0 Å². The number of benzene rings is 9. The Labute approximate surface area is 312 Å². The molecule has 2 heteroatoms. The van der Waals surface area contributed by atoms with Gasteiger partial charge in [0.1, 0.15) is 0 Å². The van der Waals surface area contributed by atoms with Gasteiger partial charge in [-0.3, -0.25) is 0 Å². The summed E-state index contributed by atoms with van der Waals surface area (Å²) in [6.07, 6.45) is 0. The molecule has 0 radical (unpaired) electrons. The van der Waals surface area contributed by atoms with Gasteiger partial charge in [-0.05, 0) is 110 Å². The summed E-state index contributed by atoms with van der Waals surface area (Å²) in [6, 6.07) is 71.4. The van der Waals surface area contributed by atoms with Crippen LogP contribution in [0.25, 0.3) is 110 Å². The Kier molecular flexibility index (Phi) is 6.09. The molecule has 0 amide bonds. The van der Waals surface area contributed by atoms with E-state index < -0.39 is 0 Å². The van der Waals surface area contributed by atoms with Crippen LogP contribution in [-0.2, 0) is 0 Å². The molecule has 0 atom stereocenters. The largest absolute Gasteiger partial charge is 0.309 e. The van der Waals surface area contributed by atoms with Crippen LogP contribution < -0.4 is 0 Å². The quantitative estimate of drug-likeness (QED) is 0.175. The fourth-order valence-corrected chi connectivity index (χ4v) is 9.38. The third kappa shape index (κ3) is 4.05. The molecule has 11 aromatic rings. The summed E-state index contributed by atoms with van der Waals surface area (Å²) in [5.41, 5.74) is 17.4. The Balaban J connectivity index is 1.03. The van der Waals surface area contributed by atoms with Crippen molar-refractivity contribution in [3.8, 4) is 55.9 Å². The van der Waals surface area contributed by atoms with Gasteiger partial charge in [0.2, 0.25) is 0 Å². The second-order valence-corrected chi connectivity index (χ2v) is 14.5. The zero-order chi connectivity index (χ0) is 35.3. The van der Waals surface area contributed by atoms with Crippen molar-refractivity contribution in [3.05, 3.63) is 194 Å². The highest BCUT2D eigenvalue weighted by molar-refractivity contribution is 6.23. The molecular formula is C52H32N2. The Morgan fingerprint density at radius 1 is 0.241 bits per heavy atom. The number of fused-ring (bicyclic) bond motifs is 9. The number of hydrogen-bond acceptors (Lipinski definition) is 0. The summed E-state index contributed by atoms with van der Waals surface area (Å²) in [4.78, 5) is 0. The topological polar surface area (TPSA) is 9.86 Å². The Hall–Kier alpha value is -7.16. The van der Waals surface area contributed by atoms with E-state index in [-0.39, 0.29) is 0 Å². The van der Waals surface area contributed by atoms with Gasteiger partial charge in [0.05, 0.1) is 22.1 Å². The summed E-state index contributed by atoms with van der Waals surface area (Å²) in [6.45, 7) is 0. The van der Waals surface area contributed by atoms with Crippen molar-refractivity contribution in [2.75, 3.05) is 0 Å². The molecule has 2 nitrogen and oxygen atoms in total. The summed E-state index contributed by atoms with van der Waals surface area (Å²) in [5.74, 6) is 0. The SMILES string of the molecule is c1ccc(-n2c3ccccc3c3ccc(-c4ccc5c(c4)-c4cccc6c(-c7cccc8c7c7ccccc7n8-c7ccccc7)ccc-5c46)cc32)cc1. The van der Waals surface area contributed by atoms with Crippen molar-refractivity contribution in [2.24, 2.45) is 0 Å². The molecule has 0 N–H and O–H groups in total. The number of para-hydroxylation sites is 4. The molecule has 12 rings (SSSR count). The molecule has 9 aromatic carbocycles. The number of aromatic nitrogens is 2. The van der Waals surface area contributed by atoms with Crippen LogP contribution in [0.4, 0.5) is 0 Å². The van der Waals surface area contributed by atoms with Crippen LogP contribution >= 0.6 is 0 Å². The first kappa shape index (κ1) is 29.4. The van der Waals surface area contributed by atoms with Gasteiger partial charge in [0.25, 0.3) is 0 Å². The first-order valence-electron chi connectivity index (χ1n) is 18.7. The fraction of sp³-hybridized carbons (Fsp3) is 0. The zero-order valence-electron chi connectivity index (χ0n) is 29.4. The molecule has 250 valence electrons. The van der Waals surface area contributed by atoms with Crippen LogP contribution in [0.5, 0.6) is 0 Å². The lowest BCUT2D eigenvalue weighted by Gasteiger charge is -2.12. The monoisotopic (exact) mass is 684 g/mol. The van der Waals surface area contributed by atoms with Gasteiger partial charge in [-0.2, -0.15) is 0 Å². The highest BCUT2D eigenvalue weighted by Gasteiger charge is 2.25. The van der Waals surface area contributed by atoms with Gasteiger partial charge < -0.3 is 9.13 Å². The summed E-state index contributed by atoms with van der Waals surface area (Å²) < 4.78 is 4.81. The van der Waals surface area contributed by atoms with Gasteiger partial charge in [0, 0.05) is 32.9 Å². The molecule has 0 bridgehead atoms. The average Bonchev–Trinajstić information content (AvgIpc) is 3.88. The predicted octanol–water partition coefficient (Wildman–Crippen LogP) is 14.0. The first-order valence-corrected chi connectivity index (χ1v) is 18.7. The second-order valence-electron chi connectivity index (χ2n) is 14.5. The van der Waals surface area contributed by atoms with E-state index in [0.717, 1.165) is 0 Å². The Bertz CT molecular complexity index is 3310. The van der Waals surface area contributed by atoms with Crippen LogP contribution in [0, 0.1) is 0 Å². The lowest BCUT2D eigenvalue weighted by Crippen LogP contribution is -1.93. The molecule has 1 aliphatic rings. The van der Waals surface area contributed by atoms with E-state index in [1.54, 1.807) is 0 Å². The zero-order valence-corrected chi connectivity index (χ0v) is 29.4. The normalized spacial score (nSPS) is 12.1. The van der Waals surface area contributed by atoms with Gasteiger partial charge >= 0.3 is 0 Å². The molecule has 54 heavy (non-hydrogen) atoms. The van der Waals surface area contributed by atoms with Gasteiger partial charge in [0.15, 0.2) is 0 Å². The van der Waals surface area contributed by atoms with Crippen LogP contribution in [0.1, 0.15) is 0 Å². The molecule has 0 saturated carbocycles. The lowest BCUT2D eigenvalue weighted by atomic mass is 9.92. The molecule has 2 heterocycles. The van der Waals surface area contributed by atoms with E-state index >= 15 is 0 Å². The molecule has 0 unspecified atom stereocenters. The summed E-state index contributed by atoms with van der Waals surface area (Å²) in [5, 5.41) is 7.73. The molecule has 0 aliphatic heterocycles. The smallest absolute Gasteiger partial charge is 0.0547 e. The Morgan fingerprint density at radius 3 is 1.52 bits per heavy atom. The van der Waals surface area contributed by atoms with E-state index in [1.807, 2.05) is 0 Å². The standard InChI is InChI=1S/C52H32N2/c1-3-13-35(14-4-1)53-48-23-10-8-18-45(48)52-42(21-12-24-49(52)53)37-29-30-44-38-27-25-33(31-46(38)43-20-11-19-41(37)51(43)44)34-26-28-40-39-17-7-9-22-47(39)54(50(40)32-34)36-15-5-2-6-16-36/h1-32H. The van der Waals surface area contributed by atoms with Crippen molar-refractivity contribution < 1.29 is 0 Å². The maximum absolute atomic E-state index is 2.41. The van der Waals surface area contributed by atoms with E-state index in [2.05, 4.69) is 203 Å². The van der Waals surface area contributed by atoms with Crippen molar-refractivity contribution >= 4 is 54.4 Å². The number of rotatable bonds is 4. The molecule has 2 aromatic heterocycles. The maximum Gasteiger partial charge on any atom is 0.0547 e. The van der Waals surface area contributed by atoms with E-state index in [9.17, 15) is 0 Å². The number of hydrogen-bond donors (Lipinski definition) is 0. The van der Waals surface area contributed by atoms with Crippen LogP contribution in [0.15, 0.2) is 194 Å². The van der Waals surface area contributed by atoms with Crippen LogP contribution in [-0.4, -0.2) is 9.13 Å². The van der Waals surface area contributed by atoms with E-state index in [0.29, 0.717) is 0 Å². The lowest BCUT2D eigenvalue weighted by molar-refractivity contribution is 1.18. The molecule has 1 aliphatic carbocycles. The molecule has 0 saturated heterocycles. The maximum atomic E-state index is 2.41. The van der Waals surface area contributed by atoms with Crippen molar-refractivity contribution in [1.82, 2.24) is 9.13 Å². The Morgan fingerprint density at radius 2 is 0.741 bits per heavy atom. The summed E-state index contributed by atoms with van der Waals surface area (Å²) >= 11 is 0. The van der Waals surface area contributed by atoms with E-state index in [1.165, 1.54) is 110 Å². The van der Waals surface area contributed by atoms with Crippen LogP contribution in [0.3, 0.4) is 0 Å². The predicted molar refractivity (Wildman–Crippen MR) is 228 cm³/mol. The first-order chi connectivity index (χ1) is 26.8. The number of nitrogens with zero attached hydrogens (tertiary/aromatic N) is 2. The van der Waals surface area contributed by atoms with Gasteiger partial charge in [-0.25, -0.2) is 0 Å². The highest BCUT2D eigenvalue weighted by Crippen LogP contribution is 2.51. The molecule has 0 spiro atoms. The minimum absolute atomic E-state index is 1.17. The summed E-state index contributed by atoms with van der Waals surface area (Å²) in [7, 11) is 0. The molecular weight excluding hydrogens is 653 g/mol.